The van der Waals surface area contributed by atoms with E-state index in [1.165, 1.54) is 0 Å². The summed E-state index contributed by atoms with van der Waals surface area (Å²) in [5, 5.41) is 0. The number of ether oxygens (including phenoxy) is 1. The lowest BCUT2D eigenvalue weighted by atomic mass is 10.1. The van der Waals surface area contributed by atoms with Crippen LogP contribution in [-0.4, -0.2) is 12.1 Å². The molecule has 0 N–H and O–H groups in total. The van der Waals surface area contributed by atoms with Gasteiger partial charge < -0.3 is 4.74 Å². The van der Waals surface area contributed by atoms with E-state index in [2.05, 4.69) is 0 Å². The van der Waals surface area contributed by atoms with Gasteiger partial charge >= 0.3 is 0 Å². The molecule has 0 spiro atoms. The third-order valence-electron chi connectivity index (χ3n) is 3.02. The molecule has 0 atom stereocenters. The van der Waals surface area contributed by atoms with Crippen molar-refractivity contribution in [3.8, 4) is 5.75 Å². The van der Waals surface area contributed by atoms with E-state index < -0.39 is 0 Å². The van der Waals surface area contributed by atoms with Crippen LogP contribution in [0.4, 0.5) is 0 Å². The number of ketones is 1. The fourth-order valence-corrected chi connectivity index (χ4v) is 1.80. The Hall–Kier alpha value is -2.42. The molecular formula is C17H16O3. The minimum Gasteiger partial charge on any atom is -0.489 e. The molecular weight excluding hydrogens is 252 g/mol. The van der Waals surface area contributed by atoms with E-state index in [-0.39, 0.29) is 5.78 Å². The van der Waals surface area contributed by atoms with Crippen LogP contribution >= 0.6 is 0 Å². The van der Waals surface area contributed by atoms with Crippen molar-refractivity contribution in [1.82, 2.24) is 0 Å². The summed E-state index contributed by atoms with van der Waals surface area (Å²) in [6.45, 7) is 2.27. The van der Waals surface area contributed by atoms with Crippen molar-refractivity contribution in [1.29, 1.82) is 0 Å². The average molecular weight is 268 g/mol. The fraction of sp³-hybridized carbons (Fsp3) is 0.176. The summed E-state index contributed by atoms with van der Waals surface area (Å²) in [6, 6.07) is 14.4. The molecule has 3 nitrogen and oxygen atoms in total. The summed E-state index contributed by atoms with van der Waals surface area (Å²) in [7, 11) is 0. The van der Waals surface area contributed by atoms with Crippen LogP contribution < -0.4 is 4.74 Å². The van der Waals surface area contributed by atoms with Crippen LogP contribution in [0.5, 0.6) is 5.75 Å². The molecule has 0 saturated carbocycles. The minimum absolute atomic E-state index is 0.126. The number of carbonyl (C=O) groups is 2. The topological polar surface area (TPSA) is 43.4 Å². The number of benzene rings is 2. The van der Waals surface area contributed by atoms with E-state index in [0.29, 0.717) is 24.2 Å². The normalized spacial score (nSPS) is 10.1. The van der Waals surface area contributed by atoms with Gasteiger partial charge in [0, 0.05) is 17.5 Å². The molecule has 0 amide bonds. The summed E-state index contributed by atoms with van der Waals surface area (Å²) in [6.07, 6.45) is 1.32. The van der Waals surface area contributed by atoms with Gasteiger partial charge in [-0.15, -0.1) is 0 Å². The SMILES string of the molecule is CCC(=O)c1ccc(OCc2ccc(C=O)cc2)cc1. The number of rotatable bonds is 6. The van der Waals surface area contributed by atoms with Crippen molar-refractivity contribution in [2.45, 2.75) is 20.0 Å². The molecule has 0 heterocycles. The predicted molar refractivity (Wildman–Crippen MR) is 77.2 cm³/mol. The van der Waals surface area contributed by atoms with Gasteiger partial charge in [-0.2, -0.15) is 0 Å². The zero-order chi connectivity index (χ0) is 14.4. The maximum absolute atomic E-state index is 11.5. The van der Waals surface area contributed by atoms with Gasteiger partial charge in [-0.05, 0) is 29.8 Å². The molecule has 0 aliphatic carbocycles. The molecule has 0 saturated heterocycles. The van der Waals surface area contributed by atoms with E-state index in [1.807, 2.05) is 19.1 Å². The summed E-state index contributed by atoms with van der Waals surface area (Å²) < 4.78 is 5.63. The number of hydrogen-bond donors (Lipinski definition) is 0. The lowest BCUT2D eigenvalue weighted by Crippen LogP contribution is -1.98. The highest BCUT2D eigenvalue weighted by atomic mass is 16.5. The first-order valence-corrected chi connectivity index (χ1v) is 6.53. The first kappa shape index (κ1) is 14.0. The number of carbonyl (C=O) groups excluding carboxylic acids is 2. The number of aldehydes is 1. The van der Waals surface area contributed by atoms with Crippen LogP contribution in [0.3, 0.4) is 0 Å². The second-order valence-electron chi connectivity index (χ2n) is 4.45. The second kappa shape index (κ2) is 6.66. The number of Topliss-reactive ketones (excluding diaryl/α,β-unsaturated/α-hetero) is 1. The van der Waals surface area contributed by atoms with Crippen LogP contribution in [0.1, 0.15) is 39.6 Å². The molecule has 0 aliphatic heterocycles. The molecule has 20 heavy (non-hydrogen) atoms. The zero-order valence-electron chi connectivity index (χ0n) is 11.3. The lowest BCUT2D eigenvalue weighted by molar-refractivity contribution is 0.0987. The largest absolute Gasteiger partial charge is 0.489 e. The molecule has 102 valence electrons. The summed E-state index contributed by atoms with van der Waals surface area (Å²) in [4.78, 5) is 22.0. The van der Waals surface area contributed by atoms with Crippen LogP contribution in [0, 0.1) is 0 Å². The second-order valence-corrected chi connectivity index (χ2v) is 4.45. The highest BCUT2D eigenvalue weighted by Gasteiger charge is 2.03. The Bertz CT molecular complexity index is 583. The van der Waals surface area contributed by atoms with E-state index in [9.17, 15) is 9.59 Å². The Morgan fingerprint density at radius 3 is 2.25 bits per heavy atom. The average Bonchev–Trinajstić information content (AvgIpc) is 2.53. The van der Waals surface area contributed by atoms with Crippen molar-refractivity contribution < 1.29 is 14.3 Å². The molecule has 0 radical (unpaired) electrons. The van der Waals surface area contributed by atoms with Crippen LogP contribution in [0.2, 0.25) is 0 Å². The van der Waals surface area contributed by atoms with Gasteiger partial charge in [0.25, 0.3) is 0 Å². The Morgan fingerprint density at radius 2 is 1.70 bits per heavy atom. The van der Waals surface area contributed by atoms with E-state index >= 15 is 0 Å². The van der Waals surface area contributed by atoms with Gasteiger partial charge in [0.05, 0.1) is 0 Å². The van der Waals surface area contributed by atoms with Crippen molar-refractivity contribution >= 4 is 12.1 Å². The Labute approximate surface area is 118 Å². The van der Waals surface area contributed by atoms with Crippen LogP contribution in [0.25, 0.3) is 0 Å². The minimum atomic E-state index is 0.126. The molecule has 3 heteroatoms. The summed E-state index contributed by atoms with van der Waals surface area (Å²) in [5.74, 6) is 0.845. The van der Waals surface area contributed by atoms with Crippen LogP contribution in [0.15, 0.2) is 48.5 Å². The van der Waals surface area contributed by atoms with Crippen molar-refractivity contribution in [2.75, 3.05) is 0 Å². The van der Waals surface area contributed by atoms with Gasteiger partial charge in [-0.25, -0.2) is 0 Å². The molecule has 2 aromatic carbocycles. The quantitative estimate of drug-likeness (QED) is 0.593. The van der Waals surface area contributed by atoms with Gasteiger partial charge in [0.15, 0.2) is 5.78 Å². The van der Waals surface area contributed by atoms with Crippen LogP contribution in [-0.2, 0) is 6.61 Å². The molecule has 2 rings (SSSR count). The Kier molecular flexibility index (Phi) is 4.66. The summed E-state index contributed by atoms with van der Waals surface area (Å²) >= 11 is 0. The van der Waals surface area contributed by atoms with Crippen molar-refractivity contribution in [2.24, 2.45) is 0 Å². The third kappa shape index (κ3) is 3.54. The Balaban J connectivity index is 1.96. The maximum atomic E-state index is 11.5. The predicted octanol–water partition coefficient (Wildman–Crippen LogP) is 3.67. The van der Waals surface area contributed by atoms with Crippen molar-refractivity contribution in [3.05, 3.63) is 65.2 Å². The summed E-state index contributed by atoms with van der Waals surface area (Å²) in [5.41, 5.74) is 2.34. The monoisotopic (exact) mass is 268 g/mol. The molecule has 0 aromatic heterocycles. The number of hydrogen-bond acceptors (Lipinski definition) is 3. The van der Waals surface area contributed by atoms with Gasteiger partial charge in [-0.3, -0.25) is 9.59 Å². The standard InChI is InChI=1S/C17H16O3/c1-2-17(19)15-7-9-16(10-8-15)20-12-14-5-3-13(11-18)4-6-14/h3-11H,2,12H2,1H3. The van der Waals surface area contributed by atoms with E-state index in [0.717, 1.165) is 17.6 Å². The molecule has 2 aromatic rings. The van der Waals surface area contributed by atoms with Gasteiger partial charge in [0.1, 0.15) is 18.6 Å². The Morgan fingerprint density at radius 1 is 1.05 bits per heavy atom. The third-order valence-corrected chi connectivity index (χ3v) is 3.02. The lowest BCUT2D eigenvalue weighted by Gasteiger charge is -2.07. The van der Waals surface area contributed by atoms with Crippen molar-refractivity contribution in [3.63, 3.8) is 0 Å². The smallest absolute Gasteiger partial charge is 0.162 e. The van der Waals surface area contributed by atoms with E-state index in [4.69, 9.17) is 4.74 Å². The molecule has 0 fully saturated rings. The molecule has 0 unspecified atom stereocenters. The highest BCUT2D eigenvalue weighted by molar-refractivity contribution is 5.95. The maximum Gasteiger partial charge on any atom is 0.162 e. The highest BCUT2D eigenvalue weighted by Crippen LogP contribution is 2.15. The fourth-order valence-electron chi connectivity index (χ4n) is 1.80. The molecule has 0 bridgehead atoms. The molecule has 0 aliphatic rings. The van der Waals surface area contributed by atoms with Gasteiger partial charge in [0.2, 0.25) is 0 Å². The van der Waals surface area contributed by atoms with E-state index in [1.54, 1.807) is 36.4 Å². The first-order chi connectivity index (χ1) is 9.72. The zero-order valence-corrected chi connectivity index (χ0v) is 11.3. The first-order valence-electron chi connectivity index (χ1n) is 6.53. The van der Waals surface area contributed by atoms with Gasteiger partial charge in [-0.1, -0.05) is 31.2 Å².